The van der Waals surface area contributed by atoms with E-state index in [0.717, 1.165) is 0 Å². The van der Waals surface area contributed by atoms with Gasteiger partial charge in [0.2, 0.25) is 5.91 Å². The first-order chi connectivity index (χ1) is 5.44. The SMILES string of the molecule is CC(=O)OS1(C)CC(=O)NC1=S. The number of hydrogen-bond donors (Lipinski definition) is 1. The van der Waals surface area contributed by atoms with Crippen molar-refractivity contribution in [3.63, 3.8) is 0 Å². The largest absolute Gasteiger partial charge is 0.409 e. The van der Waals surface area contributed by atoms with Gasteiger partial charge in [-0.25, -0.2) is 0 Å². The van der Waals surface area contributed by atoms with Crippen LogP contribution >= 0.6 is 22.5 Å². The highest BCUT2D eigenvalue weighted by Crippen LogP contribution is 2.48. The lowest BCUT2D eigenvalue weighted by molar-refractivity contribution is -0.130. The zero-order valence-corrected chi connectivity index (χ0v) is 8.38. The molecule has 12 heavy (non-hydrogen) atoms. The Balaban J connectivity index is 2.77. The van der Waals surface area contributed by atoms with Crippen LogP contribution in [0.25, 0.3) is 0 Å². The maximum absolute atomic E-state index is 10.9. The van der Waals surface area contributed by atoms with E-state index in [0.29, 0.717) is 4.32 Å². The Kier molecular flexibility index (Phi) is 2.39. The van der Waals surface area contributed by atoms with Crippen molar-refractivity contribution in [3.8, 4) is 0 Å². The molecule has 1 unspecified atom stereocenters. The number of thiocarbonyl (C=S) groups is 1. The van der Waals surface area contributed by atoms with Crippen molar-refractivity contribution < 1.29 is 13.8 Å². The Bertz CT molecular complexity index is 266. The van der Waals surface area contributed by atoms with Crippen LogP contribution in [0.2, 0.25) is 0 Å². The lowest BCUT2D eigenvalue weighted by atomic mass is 10.7. The molecule has 0 spiro atoms. The Morgan fingerprint density at radius 3 is 2.67 bits per heavy atom. The minimum absolute atomic E-state index is 0.168. The molecule has 0 saturated carbocycles. The fraction of sp³-hybridized carbons (Fsp3) is 0.500. The quantitative estimate of drug-likeness (QED) is 0.629. The number of amides is 1. The van der Waals surface area contributed by atoms with Gasteiger partial charge in [-0.05, 0) is 10.3 Å². The van der Waals surface area contributed by atoms with Crippen LogP contribution in [-0.2, 0) is 13.8 Å². The Morgan fingerprint density at radius 1 is 1.75 bits per heavy atom. The summed E-state index contributed by atoms with van der Waals surface area (Å²) >= 11 is 4.88. The number of hydrogen-bond acceptors (Lipinski definition) is 4. The predicted octanol–water partition coefficient (Wildman–Crippen LogP) is 0.314. The molecule has 68 valence electrons. The summed E-state index contributed by atoms with van der Waals surface area (Å²) in [7, 11) is -1.81. The first-order valence-corrected chi connectivity index (χ1v) is 5.78. The molecular weight excluding hydrogens is 198 g/mol. The van der Waals surface area contributed by atoms with Gasteiger partial charge in [0.15, 0.2) is 4.32 Å². The molecule has 0 bridgehead atoms. The van der Waals surface area contributed by atoms with Crippen LogP contribution in [0.4, 0.5) is 0 Å². The lowest BCUT2D eigenvalue weighted by Crippen LogP contribution is -2.20. The molecule has 6 heteroatoms. The Labute approximate surface area is 77.2 Å². The number of carbonyl (C=O) groups excluding carboxylic acids is 2. The van der Waals surface area contributed by atoms with E-state index in [2.05, 4.69) is 5.32 Å². The number of carbonyl (C=O) groups is 2. The fourth-order valence-corrected chi connectivity index (χ4v) is 2.98. The highest BCUT2D eigenvalue weighted by molar-refractivity contribution is 8.47. The van der Waals surface area contributed by atoms with Crippen molar-refractivity contribution in [1.29, 1.82) is 0 Å². The van der Waals surface area contributed by atoms with Gasteiger partial charge >= 0.3 is 5.97 Å². The first-order valence-electron chi connectivity index (χ1n) is 3.24. The van der Waals surface area contributed by atoms with Crippen LogP contribution in [0.3, 0.4) is 0 Å². The molecule has 1 heterocycles. The summed E-state index contributed by atoms with van der Waals surface area (Å²) in [5.74, 6) is -0.365. The van der Waals surface area contributed by atoms with E-state index in [1.54, 1.807) is 6.26 Å². The molecule has 1 aliphatic rings. The molecule has 0 aromatic heterocycles. The van der Waals surface area contributed by atoms with E-state index in [1.807, 2.05) is 0 Å². The molecule has 0 radical (unpaired) electrons. The third kappa shape index (κ3) is 1.75. The number of rotatable bonds is 1. The molecule has 1 N–H and O–H groups in total. The maximum Gasteiger partial charge on any atom is 0.313 e. The zero-order valence-electron chi connectivity index (χ0n) is 6.75. The molecule has 1 aliphatic heterocycles. The minimum atomic E-state index is -1.81. The molecule has 1 saturated heterocycles. The van der Waals surface area contributed by atoms with Crippen molar-refractivity contribution in [3.05, 3.63) is 0 Å². The van der Waals surface area contributed by atoms with E-state index < -0.39 is 16.3 Å². The average Bonchev–Trinajstić information content (AvgIpc) is 2.04. The van der Waals surface area contributed by atoms with Crippen LogP contribution in [0.15, 0.2) is 0 Å². The molecule has 1 fully saturated rings. The normalized spacial score (nSPS) is 33.8. The van der Waals surface area contributed by atoms with Crippen LogP contribution < -0.4 is 5.32 Å². The molecular formula is C6H9NO3S2. The van der Waals surface area contributed by atoms with Crippen LogP contribution in [-0.4, -0.2) is 28.2 Å². The van der Waals surface area contributed by atoms with Crippen molar-refractivity contribution in [2.24, 2.45) is 0 Å². The van der Waals surface area contributed by atoms with E-state index in [4.69, 9.17) is 16.4 Å². The first kappa shape index (κ1) is 9.47. The summed E-state index contributed by atoms with van der Waals surface area (Å²) in [6, 6.07) is 0. The van der Waals surface area contributed by atoms with Gasteiger partial charge in [-0.15, -0.1) is 0 Å². The van der Waals surface area contributed by atoms with Crippen molar-refractivity contribution in [1.82, 2.24) is 5.32 Å². The third-order valence-electron chi connectivity index (χ3n) is 1.34. The van der Waals surface area contributed by atoms with Gasteiger partial charge in [0.25, 0.3) is 0 Å². The summed E-state index contributed by atoms with van der Waals surface area (Å²) in [6.45, 7) is 1.31. The summed E-state index contributed by atoms with van der Waals surface area (Å²) in [6.07, 6.45) is 1.70. The molecule has 0 aromatic rings. The highest BCUT2D eigenvalue weighted by atomic mass is 32.3. The van der Waals surface area contributed by atoms with Gasteiger partial charge in [-0.2, -0.15) is 0 Å². The molecule has 0 aliphatic carbocycles. The predicted molar refractivity (Wildman–Crippen MR) is 50.9 cm³/mol. The van der Waals surface area contributed by atoms with Gasteiger partial charge in [0.05, 0.1) is 5.75 Å². The van der Waals surface area contributed by atoms with Gasteiger partial charge in [-0.3, -0.25) is 9.59 Å². The van der Waals surface area contributed by atoms with Crippen LogP contribution in [0.1, 0.15) is 6.92 Å². The third-order valence-corrected chi connectivity index (χ3v) is 4.80. The summed E-state index contributed by atoms with van der Waals surface area (Å²) in [5, 5.41) is 2.47. The second-order valence-corrected chi connectivity index (χ2v) is 6.10. The molecule has 1 amide bonds. The van der Waals surface area contributed by atoms with Gasteiger partial charge < -0.3 is 9.50 Å². The van der Waals surface area contributed by atoms with Crippen LogP contribution in [0.5, 0.6) is 0 Å². The summed E-state index contributed by atoms with van der Waals surface area (Å²) in [4.78, 5) is 21.5. The van der Waals surface area contributed by atoms with Crippen molar-refractivity contribution >= 4 is 38.7 Å². The molecule has 4 nitrogen and oxygen atoms in total. The van der Waals surface area contributed by atoms with E-state index in [9.17, 15) is 9.59 Å². The van der Waals surface area contributed by atoms with Gasteiger partial charge in [0.1, 0.15) is 0 Å². The average molecular weight is 207 g/mol. The molecule has 1 atom stereocenters. The second-order valence-electron chi connectivity index (χ2n) is 2.56. The smallest absolute Gasteiger partial charge is 0.313 e. The topological polar surface area (TPSA) is 55.4 Å². The zero-order chi connectivity index (χ0) is 9.35. The summed E-state index contributed by atoms with van der Waals surface area (Å²) < 4.78 is 5.36. The van der Waals surface area contributed by atoms with Gasteiger partial charge in [-0.1, -0.05) is 12.2 Å². The fourth-order valence-electron chi connectivity index (χ4n) is 0.900. The number of nitrogens with one attached hydrogen (secondary N) is 1. The van der Waals surface area contributed by atoms with E-state index >= 15 is 0 Å². The van der Waals surface area contributed by atoms with Crippen molar-refractivity contribution in [2.45, 2.75) is 6.92 Å². The second kappa shape index (κ2) is 3.02. The van der Waals surface area contributed by atoms with E-state index in [-0.39, 0.29) is 11.7 Å². The Hall–Kier alpha value is -0.620. The standard InChI is InChI=1S/C6H9NO3S2/c1-4(8)10-12(2)3-5(9)7-6(12)11/h3H2,1-2H3,(H,7,9,11). The van der Waals surface area contributed by atoms with Gasteiger partial charge in [0, 0.05) is 13.2 Å². The van der Waals surface area contributed by atoms with E-state index in [1.165, 1.54) is 6.92 Å². The van der Waals surface area contributed by atoms with Crippen molar-refractivity contribution in [2.75, 3.05) is 12.0 Å². The minimum Gasteiger partial charge on any atom is -0.409 e. The lowest BCUT2D eigenvalue weighted by Gasteiger charge is -2.26. The highest BCUT2D eigenvalue weighted by Gasteiger charge is 2.37. The maximum atomic E-state index is 10.9. The summed E-state index contributed by atoms with van der Waals surface area (Å²) in [5.41, 5.74) is 0. The molecule has 0 aromatic carbocycles. The molecule has 1 rings (SSSR count). The van der Waals surface area contributed by atoms with Crippen LogP contribution in [0, 0.1) is 0 Å². The Morgan fingerprint density at radius 2 is 2.33 bits per heavy atom. The monoisotopic (exact) mass is 207 g/mol.